The van der Waals surface area contributed by atoms with Crippen molar-refractivity contribution in [3.8, 4) is 10.8 Å². The van der Waals surface area contributed by atoms with E-state index in [0.717, 1.165) is 15.6 Å². The molecule has 0 spiro atoms. The Morgan fingerprint density at radius 2 is 2.22 bits per heavy atom. The molecule has 2 N–H and O–H groups in total. The quantitative estimate of drug-likeness (QED) is 0.885. The second-order valence-corrected chi connectivity index (χ2v) is 5.08. The Hall–Kier alpha value is -1.31. The zero-order valence-corrected chi connectivity index (χ0v) is 11.5. The van der Waals surface area contributed by atoms with E-state index in [1.165, 1.54) is 11.3 Å². The predicted molar refractivity (Wildman–Crippen MR) is 68.2 cm³/mol. The van der Waals surface area contributed by atoms with Crippen molar-refractivity contribution in [1.29, 1.82) is 0 Å². The van der Waals surface area contributed by atoms with E-state index in [1.807, 2.05) is 13.8 Å². The number of methoxy groups -OCH3 is 1. The van der Waals surface area contributed by atoms with E-state index in [4.69, 9.17) is 15.0 Å². The maximum atomic E-state index is 5.56. The van der Waals surface area contributed by atoms with Gasteiger partial charge in [0.05, 0.1) is 11.8 Å². The zero-order chi connectivity index (χ0) is 13.1. The molecule has 2 rings (SSSR count). The molecule has 0 aliphatic heterocycles. The molecule has 0 aliphatic carbocycles. The van der Waals surface area contributed by atoms with Gasteiger partial charge < -0.3 is 15.0 Å². The van der Waals surface area contributed by atoms with Crippen molar-refractivity contribution in [3.63, 3.8) is 0 Å². The van der Waals surface area contributed by atoms with Gasteiger partial charge in [0.25, 0.3) is 5.89 Å². The Kier molecular flexibility index (Phi) is 4.05. The van der Waals surface area contributed by atoms with Crippen molar-refractivity contribution < 1.29 is 9.26 Å². The van der Waals surface area contributed by atoms with Crippen molar-refractivity contribution in [2.75, 3.05) is 7.11 Å². The number of nitrogens with two attached hydrogens (primary N) is 1. The van der Waals surface area contributed by atoms with E-state index >= 15 is 0 Å². The third-order valence-corrected chi connectivity index (χ3v) is 3.72. The lowest BCUT2D eigenvalue weighted by Gasteiger charge is -2.03. The highest BCUT2D eigenvalue weighted by Crippen LogP contribution is 2.28. The van der Waals surface area contributed by atoms with Crippen LogP contribution in [0.3, 0.4) is 0 Å². The monoisotopic (exact) mass is 268 g/mol. The smallest absolute Gasteiger partial charge is 0.269 e. The molecule has 0 saturated heterocycles. The van der Waals surface area contributed by atoms with Gasteiger partial charge in [-0.05, 0) is 13.8 Å². The minimum Gasteiger partial charge on any atom is -0.381 e. The van der Waals surface area contributed by atoms with Gasteiger partial charge in [0.2, 0.25) is 0 Å². The molecule has 0 fully saturated rings. The van der Waals surface area contributed by atoms with Gasteiger partial charge in [0.15, 0.2) is 5.82 Å². The third-order valence-electron chi connectivity index (χ3n) is 2.55. The molecule has 2 aromatic heterocycles. The van der Waals surface area contributed by atoms with E-state index < -0.39 is 0 Å². The summed E-state index contributed by atoms with van der Waals surface area (Å²) in [6.07, 6.45) is 0.694. The summed E-state index contributed by atoms with van der Waals surface area (Å²) in [5.41, 5.74) is 6.43. The Morgan fingerprint density at radius 3 is 2.83 bits per heavy atom. The molecule has 2 aromatic rings. The normalized spacial score (nSPS) is 12.9. The molecule has 0 amide bonds. The Bertz CT molecular complexity index is 523. The first kappa shape index (κ1) is 13.1. The average Bonchev–Trinajstić information content (AvgIpc) is 2.95. The summed E-state index contributed by atoms with van der Waals surface area (Å²) in [5.74, 6) is 1.14. The number of thiazole rings is 1. The fourth-order valence-corrected chi connectivity index (χ4v) is 2.37. The zero-order valence-electron chi connectivity index (χ0n) is 10.6. The van der Waals surface area contributed by atoms with E-state index in [9.17, 15) is 0 Å². The van der Waals surface area contributed by atoms with Gasteiger partial charge in [-0.1, -0.05) is 5.16 Å². The highest BCUT2D eigenvalue weighted by atomic mass is 32.1. The van der Waals surface area contributed by atoms with Crippen LogP contribution in [0.15, 0.2) is 4.52 Å². The summed E-state index contributed by atoms with van der Waals surface area (Å²) in [7, 11) is 1.66. The number of hydrogen-bond acceptors (Lipinski definition) is 7. The number of aromatic nitrogens is 3. The molecule has 0 bridgehead atoms. The molecule has 0 aromatic carbocycles. The Balaban J connectivity index is 2.20. The minimum atomic E-state index is 0.0672. The molecule has 1 unspecified atom stereocenters. The van der Waals surface area contributed by atoms with Crippen molar-refractivity contribution in [2.45, 2.75) is 32.9 Å². The standard InChI is InChI=1S/C11H16N4O2S/c1-6(16-3)4-8-14-11(17-15-8)10-7(2)13-9(5-12)18-10/h6H,4-5,12H2,1-3H3. The summed E-state index contributed by atoms with van der Waals surface area (Å²) in [4.78, 5) is 9.57. The van der Waals surface area contributed by atoms with Crippen LogP contribution in [0, 0.1) is 6.92 Å². The van der Waals surface area contributed by atoms with Crippen molar-refractivity contribution >= 4 is 11.3 Å². The molecule has 0 radical (unpaired) electrons. The van der Waals surface area contributed by atoms with Gasteiger partial charge in [-0.3, -0.25) is 0 Å². The fraction of sp³-hybridized carbons (Fsp3) is 0.545. The van der Waals surface area contributed by atoms with Gasteiger partial charge in [0, 0.05) is 20.1 Å². The number of hydrogen-bond donors (Lipinski definition) is 1. The van der Waals surface area contributed by atoms with Gasteiger partial charge >= 0.3 is 0 Å². The predicted octanol–water partition coefficient (Wildman–Crippen LogP) is 1.54. The Morgan fingerprint density at radius 1 is 1.44 bits per heavy atom. The molecule has 0 aliphatic rings. The summed E-state index contributed by atoms with van der Waals surface area (Å²) < 4.78 is 10.4. The first-order valence-electron chi connectivity index (χ1n) is 5.66. The first-order chi connectivity index (χ1) is 8.63. The number of ether oxygens (including phenoxy) is 1. The summed E-state index contributed by atoms with van der Waals surface area (Å²) in [6.45, 7) is 4.29. The molecule has 18 heavy (non-hydrogen) atoms. The highest BCUT2D eigenvalue weighted by molar-refractivity contribution is 7.15. The van der Waals surface area contributed by atoms with Crippen molar-refractivity contribution in [2.24, 2.45) is 5.73 Å². The number of rotatable bonds is 5. The second-order valence-electron chi connectivity index (χ2n) is 3.99. The lowest BCUT2D eigenvalue weighted by molar-refractivity contribution is 0.116. The van der Waals surface area contributed by atoms with Gasteiger partial charge in [-0.2, -0.15) is 4.98 Å². The van der Waals surface area contributed by atoms with Crippen LogP contribution in [0.1, 0.15) is 23.4 Å². The van der Waals surface area contributed by atoms with Crippen LogP contribution in [0.2, 0.25) is 0 Å². The molecule has 6 nitrogen and oxygen atoms in total. The van der Waals surface area contributed by atoms with E-state index in [-0.39, 0.29) is 6.10 Å². The second kappa shape index (κ2) is 5.55. The average molecular weight is 268 g/mol. The van der Waals surface area contributed by atoms with Crippen LogP contribution in [0.25, 0.3) is 10.8 Å². The van der Waals surface area contributed by atoms with Crippen LogP contribution in [0.5, 0.6) is 0 Å². The van der Waals surface area contributed by atoms with Crippen LogP contribution < -0.4 is 5.73 Å². The molecule has 7 heteroatoms. The topological polar surface area (TPSA) is 87.1 Å². The molecule has 2 heterocycles. The number of aryl methyl sites for hydroxylation is 1. The van der Waals surface area contributed by atoms with Crippen LogP contribution in [-0.4, -0.2) is 28.3 Å². The van der Waals surface area contributed by atoms with E-state index in [2.05, 4.69) is 15.1 Å². The molecule has 98 valence electrons. The highest BCUT2D eigenvalue weighted by Gasteiger charge is 2.16. The summed E-state index contributed by atoms with van der Waals surface area (Å²) in [5, 5.41) is 4.81. The lowest BCUT2D eigenvalue weighted by atomic mass is 10.3. The molecule has 1 atom stereocenters. The van der Waals surface area contributed by atoms with Gasteiger partial charge in [-0.15, -0.1) is 11.3 Å². The first-order valence-corrected chi connectivity index (χ1v) is 6.47. The number of nitrogens with zero attached hydrogens (tertiary/aromatic N) is 3. The van der Waals surface area contributed by atoms with Crippen LogP contribution >= 0.6 is 11.3 Å². The minimum absolute atomic E-state index is 0.0672. The van der Waals surface area contributed by atoms with Gasteiger partial charge in [0.1, 0.15) is 9.88 Å². The SMILES string of the molecule is COC(C)Cc1noc(-c2sc(CN)nc2C)n1. The summed E-state index contributed by atoms with van der Waals surface area (Å²) in [6, 6.07) is 0. The fourth-order valence-electron chi connectivity index (χ4n) is 1.51. The van der Waals surface area contributed by atoms with Crippen molar-refractivity contribution in [3.05, 3.63) is 16.5 Å². The third kappa shape index (κ3) is 2.74. The van der Waals surface area contributed by atoms with Crippen LogP contribution in [-0.2, 0) is 17.7 Å². The lowest BCUT2D eigenvalue weighted by Crippen LogP contribution is -2.09. The van der Waals surface area contributed by atoms with Crippen molar-refractivity contribution in [1.82, 2.24) is 15.1 Å². The van der Waals surface area contributed by atoms with E-state index in [0.29, 0.717) is 24.7 Å². The van der Waals surface area contributed by atoms with E-state index in [1.54, 1.807) is 7.11 Å². The maximum Gasteiger partial charge on any atom is 0.269 e. The maximum absolute atomic E-state index is 5.56. The molecular formula is C11H16N4O2S. The molecule has 0 saturated carbocycles. The van der Waals surface area contributed by atoms with Gasteiger partial charge in [-0.25, -0.2) is 4.98 Å². The largest absolute Gasteiger partial charge is 0.381 e. The van der Waals surface area contributed by atoms with Crippen LogP contribution in [0.4, 0.5) is 0 Å². The molecular weight excluding hydrogens is 252 g/mol. The summed E-state index contributed by atoms with van der Waals surface area (Å²) >= 11 is 1.49. The Labute approximate surface area is 109 Å².